The van der Waals surface area contributed by atoms with E-state index in [4.69, 9.17) is 11.6 Å². The molecule has 1 aromatic rings. The maximum absolute atomic E-state index is 11.4. The van der Waals surface area contributed by atoms with E-state index in [-0.39, 0.29) is 9.92 Å². The minimum Gasteiger partial charge on any atom is -0.199 e. The van der Waals surface area contributed by atoms with Gasteiger partial charge in [-0.25, -0.2) is 0 Å². The van der Waals surface area contributed by atoms with Crippen LogP contribution in [0.4, 0.5) is 0 Å². The summed E-state index contributed by atoms with van der Waals surface area (Å²) in [6, 6.07) is 4.96. The van der Waals surface area contributed by atoms with E-state index >= 15 is 0 Å². The lowest BCUT2D eigenvalue weighted by Gasteiger charge is -1.98. The molecule has 2 rings (SSSR count). The molecule has 1 aliphatic rings. The molecule has 13 heavy (non-hydrogen) atoms. The third kappa shape index (κ3) is 1.17. The number of rotatable bonds is 0. The standard InChI is InChI=1S/C8H6ClNO2S/c1-5-6-3-2-4-7(9)8(6)13(11,12)10-5/h2-4H,1H3. The van der Waals surface area contributed by atoms with Crippen molar-refractivity contribution in [3.63, 3.8) is 0 Å². The molecule has 0 atom stereocenters. The molecule has 0 aliphatic carbocycles. The first-order valence-electron chi connectivity index (χ1n) is 3.63. The van der Waals surface area contributed by atoms with Gasteiger partial charge in [-0.05, 0) is 13.0 Å². The van der Waals surface area contributed by atoms with E-state index in [0.717, 1.165) is 0 Å². The van der Waals surface area contributed by atoms with Gasteiger partial charge in [0.2, 0.25) is 0 Å². The van der Waals surface area contributed by atoms with E-state index in [1.165, 1.54) is 0 Å². The molecule has 0 saturated carbocycles. The summed E-state index contributed by atoms with van der Waals surface area (Å²) in [5.74, 6) is 0. The lowest BCUT2D eigenvalue weighted by Crippen LogP contribution is -1.94. The predicted molar refractivity (Wildman–Crippen MR) is 50.8 cm³/mol. The normalized spacial score (nSPS) is 18.2. The molecule has 0 radical (unpaired) electrons. The maximum Gasteiger partial charge on any atom is 0.284 e. The Morgan fingerprint density at radius 1 is 1.38 bits per heavy atom. The molecule has 0 amide bonds. The van der Waals surface area contributed by atoms with Crippen LogP contribution in [0.15, 0.2) is 27.5 Å². The summed E-state index contributed by atoms with van der Waals surface area (Å²) < 4.78 is 26.4. The van der Waals surface area contributed by atoms with E-state index in [1.54, 1.807) is 25.1 Å². The Balaban J connectivity index is 2.90. The zero-order valence-corrected chi connectivity index (χ0v) is 8.35. The van der Waals surface area contributed by atoms with Crippen molar-refractivity contribution in [1.29, 1.82) is 0 Å². The van der Waals surface area contributed by atoms with Crippen molar-refractivity contribution in [3.8, 4) is 0 Å². The molecule has 1 aromatic carbocycles. The smallest absolute Gasteiger partial charge is 0.199 e. The monoisotopic (exact) mass is 215 g/mol. The molecule has 5 heteroatoms. The molecular formula is C8H6ClNO2S. The molecule has 0 unspecified atom stereocenters. The number of halogens is 1. The van der Waals surface area contributed by atoms with Crippen LogP contribution in [0.5, 0.6) is 0 Å². The number of sulfonamides is 1. The quantitative estimate of drug-likeness (QED) is 0.663. The second kappa shape index (κ2) is 2.56. The lowest BCUT2D eigenvalue weighted by atomic mass is 10.1. The minimum absolute atomic E-state index is 0.133. The van der Waals surface area contributed by atoms with E-state index in [1.807, 2.05) is 0 Å². The number of hydrogen-bond acceptors (Lipinski definition) is 2. The molecule has 0 N–H and O–H groups in total. The fourth-order valence-electron chi connectivity index (χ4n) is 1.33. The van der Waals surface area contributed by atoms with Crippen molar-refractivity contribution in [3.05, 3.63) is 28.8 Å². The SMILES string of the molecule is CC1=NS(=O)(=O)c2c(Cl)cccc21. The van der Waals surface area contributed by atoms with Crippen molar-refractivity contribution in [2.75, 3.05) is 0 Å². The summed E-state index contributed by atoms with van der Waals surface area (Å²) in [7, 11) is -3.53. The van der Waals surface area contributed by atoms with Crippen LogP contribution < -0.4 is 0 Å². The Morgan fingerprint density at radius 2 is 2.08 bits per heavy atom. The van der Waals surface area contributed by atoms with Gasteiger partial charge in [0, 0.05) is 5.56 Å². The van der Waals surface area contributed by atoms with Crippen LogP contribution in [0.1, 0.15) is 12.5 Å². The summed E-state index contributed by atoms with van der Waals surface area (Å²) in [4.78, 5) is 0.133. The van der Waals surface area contributed by atoms with E-state index in [2.05, 4.69) is 4.40 Å². The highest BCUT2D eigenvalue weighted by molar-refractivity contribution is 7.91. The Morgan fingerprint density at radius 3 is 2.69 bits per heavy atom. The summed E-state index contributed by atoms with van der Waals surface area (Å²) in [6.45, 7) is 1.65. The van der Waals surface area contributed by atoms with E-state index in [0.29, 0.717) is 11.3 Å². The minimum atomic E-state index is -3.53. The zero-order valence-electron chi connectivity index (χ0n) is 6.78. The zero-order chi connectivity index (χ0) is 9.64. The van der Waals surface area contributed by atoms with Crippen LogP contribution >= 0.6 is 11.6 Å². The van der Waals surface area contributed by atoms with Gasteiger partial charge in [-0.15, -0.1) is 0 Å². The second-order valence-corrected chi connectivity index (χ2v) is 4.72. The summed E-state index contributed by atoms with van der Waals surface area (Å²) in [6.07, 6.45) is 0. The van der Waals surface area contributed by atoms with Crippen molar-refractivity contribution >= 4 is 27.3 Å². The fraction of sp³-hybridized carbons (Fsp3) is 0.125. The summed E-state index contributed by atoms with van der Waals surface area (Å²) in [5, 5.41) is 0.234. The van der Waals surface area contributed by atoms with Crippen LogP contribution in [-0.4, -0.2) is 14.1 Å². The molecule has 0 fully saturated rings. The topological polar surface area (TPSA) is 46.5 Å². The highest BCUT2D eigenvalue weighted by Gasteiger charge is 2.28. The number of hydrogen-bond donors (Lipinski definition) is 0. The highest BCUT2D eigenvalue weighted by atomic mass is 35.5. The molecule has 3 nitrogen and oxygen atoms in total. The maximum atomic E-state index is 11.4. The largest absolute Gasteiger partial charge is 0.284 e. The van der Waals surface area contributed by atoms with Crippen molar-refractivity contribution in [2.24, 2.45) is 4.40 Å². The summed E-state index contributed by atoms with van der Waals surface area (Å²) in [5.41, 5.74) is 1.10. The lowest BCUT2D eigenvalue weighted by molar-refractivity contribution is 0.599. The molecule has 0 bridgehead atoms. The van der Waals surface area contributed by atoms with Gasteiger partial charge in [-0.1, -0.05) is 23.7 Å². The average Bonchev–Trinajstić information content (AvgIpc) is 2.24. The van der Waals surface area contributed by atoms with Gasteiger partial charge in [-0.2, -0.15) is 12.8 Å². The first-order valence-corrected chi connectivity index (χ1v) is 5.44. The van der Waals surface area contributed by atoms with E-state index < -0.39 is 10.0 Å². The molecule has 0 aromatic heterocycles. The molecule has 1 aliphatic heterocycles. The van der Waals surface area contributed by atoms with Crippen LogP contribution in [0, 0.1) is 0 Å². The van der Waals surface area contributed by atoms with Crippen LogP contribution in [0.3, 0.4) is 0 Å². The average molecular weight is 216 g/mol. The van der Waals surface area contributed by atoms with Gasteiger partial charge in [0.05, 0.1) is 10.7 Å². The van der Waals surface area contributed by atoms with Crippen molar-refractivity contribution < 1.29 is 8.42 Å². The Kier molecular flexibility index (Phi) is 1.72. The number of nitrogens with zero attached hydrogens (tertiary/aromatic N) is 1. The van der Waals surface area contributed by atoms with Gasteiger partial charge >= 0.3 is 0 Å². The first-order chi connectivity index (χ1) is 6.02. The predicted octanol–water partition coefficient (Wildman–Crippen LogP) is 1.85. The van der Waals surface area contributed by atoms with Gasteiger partial charge < -0.3 is 0 Å². The van der Waals surface area contributed by atoms with Crippen molar-refractivity contribution in [1.82, 2.24) is 0 Å². The van der Waals surface area contributed by atoms with Crippen molar-refractivity contribution in [2.45, 2.75) is 11.8 Å². The van der Waals surface area contributed by atoms with Crippen LogP contribution in [-0.2, 0) is 10.0 Å². The fourth-order valence-corrected chi connectivity index (χ4v) is 3.16. The first kappa shape index (κ1) is 8.72. The summed E-state index contributed by atoms with van der Waals surface area (Å²) >= 11 is 5.77. The third-order valence-electron chi connectivity index (χ3n) is 1.87. The third-order valence-corrected chi connectivity index (χ3v) is 3.77. The Labute approximate surface area is 81.1 Å². The molecule has 1 heterocycles. The van der Waals surface area contributed by atoms with Gasteiger partial charge in [0.15, 0.2) is 0 Å². The number of fused-ring (bicyclic) bond motifs is 1. The molecule has 68 valence electrons. The van der Waals surface area contributed by atoms with Gasteiger partial charge in [0.25, 0.3) is 10.0 Å². The molecular weight excluding hydrogens is 210 g/mol. The van der Waals surface area contributed by atoms with Gasteiger partial charge in [-0.3, -0.25) is 0 Å². The van der Waals surface area contributed by atoms with E-state index in [9.17, 15) is 8.42 Å². The molecule has 0 spiro atoms. The van der Waals surface area contributed by atoms with Crippen LogP contribution in [0.2, 0.25) is 5.02 Å². The van der Waals surface area contributed by atoms with Gasteiger partial charge in [0.1, 0.15) is 4.90 Å². The van der Waals surface area contributed by atoms with Crippen LogP contribution in [0.25, 0.3) is 0 Å². The second-order valence-electron chi connectivity index (χ2n) is 2.77. The number of benzene rings is 1. The Bertz CT molecular complexity index is 505. The molecule has 0 saturated heterocycles. The Hall–Kier alpha value is -0.870. The highest BCUT2D eigenvalue weighted by Crippen LogP contribution is 2.32.